The first kappa shape index (κ1) is 15.7. The molecule has 2 rings (SSSR count). The van der Waals surface area contributed by atoms with Crippen molar-refractivity contribution in [2.45, 2.75) is 11.1 Å². The van der Waals surface area contributed by atoms with E-state index in [1.54, 1.807) is 6.92 Å². The van der Waals surface area contributed by atoms with Crippen molar-refractivity contribution in [3.05, 3.63) is 44.5 Å². The van der Waals surface area contributed by atoms with Crippen LogP contribution >= 0.6 is 22.9 Å². The molecule has 0 aliphatic heterocycles. The molecule has 2 aromatic rings. The van der Waals surface area contributed by atoms with Crippen LogP contribution in [-0.4, -0.2) is 25.4 Å². The second-order valence-electron chi connectivity index (χ2n) is 4.09. The van der Waals surface area contributed by atoms with Crippen LogP contribution < -0.4 is 4.31 Å². The Morgan fingerprint density at radius 3 is 2.33 bits per heavy atom. The van der Waals surface area contributed by atoms with Gasteiger partial charge >= 0.3 is 0 Å². The number of aromatic nitrogens is 1. The molecule has 0 saturated carbocycles. The van der Waals surface area contributed by atoms with E-state index in [-0.39, 0.29) is 14.4 Å². The zero-order valence-electron chi connectivity index (χ0n) is 11.0. The van der Waals surface area contributed by atoms with E-state index in [9.17, 15) is 18.5 Å². The van der Waals surface area contributed by atoms with Gasteiger partial charge in [0.2, 0.25) is 0 Å². The summed E-state index contributed by atoms with van der Waals surface area (Å²) in [6.07, 6.45) is 0. The molecule has 1 heterocycles. The Kier molecular flexibility index (Phi) is 4.17. The van der Waals surface area contributed by atoms with Gasteiger partial charge in [0.25, 0.3) is 15.7 Å². The predicted octanol–water partition coefficient (Wildman–Crippen LogP) is 2.84. The van der Waals surface area contributed by atoms with E-state index in [2.05, 4.69) is 4.98 Å². The molecule has 0 atom stereocenters. The van der Waals surface area contributed by atoms with E-state index in [1.165, 1.54) is 31.3 Å². The smallest absolute Gasteiger partial charge is 0.269 e. The van der Waals surface area contributed by atoms with Crippen LogP contribution in [0.4, 0.5) is 11.4 Å². The van der Waals surface area contributed by atoms with Crippen molar-refractivity contribution in [2.75, 3.05) is 11.4 Å². The van der Waals surface area contributed by atoms with Crippen molar-refractivity contribution >= 4 is 44.3 Å². The molecule has 112 valence electrons. The average molecular weight is 348 g/mol. The maximum Gasteiger partial charge on any atom is 0.275 e. The van der Waals surface area contributed by atoms with Crippen molar-refractivity contribution in [3.63, 3.8) is 0 Å². The third-order valence-electron chi connectivity index (χ3n) is 2.75. The van der Waals surface area contributed by atoms with Crippen LogP contribution in [0.5, 0.6) is 0 Å². The standard InChI is InChI=1S/C11H10ClN3O4S2/c1-7-10(20-11(12)13-7)21(18,19)14(2)8-3-5-9(6-4-8)15(16)17/h3-6H,1-2H3. The third-order valence-corrected chi connectivity index (χ3v) is 6.38. The molecule has 7 nitrogen and oxygen atoms in total. The van der Waals surface area contributed by atoms with Crippen LogP contribution in [0.15, 0.2) is 28.5 Å². The summed E-state index contributed by atoms with van der Waals surface area (Å²) < 4.78 is 26.2. The molecule has 0 unspecified atom stereocenters. The lowest BCUT2D eigenvalue weighted by atomic mass is 10.3. The summed E-state index contributed by atoms with van der Waals surface area (Å²) in [5.74, 6) is 0. The van der Waals surface area contributed by atoms with Crippen molar-refractivity contribution in [2.24, 2.45) is 0 Å². The minimum atomic E-state index is -3.80. The maximum absolute atomic E-state index is 12.5. The molecule has 0 radical (unpaired) electrons. The number of hydrogen-bond donors (Lipinski definition) is 0. The van der Waals surface area contributed by atoms with E-state index < -0.39 is 14.9 Å². The first-order chi connectivity index (χ1) is 9.73. The number of aryl methyl sites for hydroxylation is 1. The van der Waals surface area contributed by atoms with Crippen LogP contribution in [0.3, 0.4) is 0 Å². The Bertz CT molecular complexity index is 786. The van der Waals surface area contributed by atoms with Gasteiger partial charge in [-0.1, -0.05) is 22.9 Å². The fourth-order valence-electron chi connectivity index (χ4n) is 1.64. The summed E-state index contributed by atoms with van der Waals surface area (Å²) in [6, 6.07) is 5.23. The zero-order valence-corrected chi connectivity index (χ0v) is 13.4. The molecule has 0 aliphatic rings. The Labute approximate surface area is 130 Å². The number of benzene rings is 1. The monoisotopic (exact) mass is 347 g/mol. The molecule has 1 aromatic heterocycles. The SMILES string of the molecule is Cc1nc(Cl)sc1S(=O)(=O)N(C)c1ccc([N+](=O)[O-])cc1. The number of rotatable bonds is 4. The van der Waals surface area contributed by atoms with Crippen molar-refractivity contribution in [1.29, 1.82) is 0 Å². The number of non-ortho nitro benzene ring substituents is 1. The highest BCUT2D eigenvalue weighted by molar-refractivity contribution is 7.94. The van der Waals surface area contributed by atoms with Gasteiger partial charge in [-0.25, -0.2) is 13.4 Å². The normalized spacial score (nSPS) is 11.4. The molecular formula is C11H10ClN3O4S2. The quantitative estimate of drug-likeness (QED) is 0.626. The first-order valence-electron chi connectivity index (χ1n) is 5.60. The molecule has 0 bridgehead atoms. The minimum Gasteiger partial charge on any atom is -0.269 e. The first-order valence-corrected chi connectivity index (χ1v) is 8.23. The molecule has 0 amide bonds. The summed E-state index contributed by atoms with van der Waals surface area (Å²) in [7, 11) is -2.44. The highest BCUT2D eigenvalue weighted by Crippen LogP contribution is 2.31. The molecule has 10 heteroatoms. The van der Waals surface area contributed by atoms with Crippen LogP contribution in [-0.2, 0) is 10.0 Å². The van der Waals surface area contributed by atoms with Gasteiger partial charge in [0.05, 0.1) is 16.3 Å². The minimum absolute atomic E-state index is 0.0494. The van der Waals surface area contributed by atoms with Crippen LogP contribution in [0.25, 0.3) is 0 Å². The average Bonchev–Trinajstić information content (AvgIpc) is 2.77. The number of thiazole rings is 1. The van der Waals surface area contributed by atoms with Gasteiger partial charge in [-0.05, 0) is 19.1 Å². The summed E-state index contributed by atoms with van der Waals surface area (Å²) >= 11 is 6.60. The van der Waals surface area contributed by atoms with Gasteiger partial charge in [-0.15, -0.1) is 0 Å². The molecule has 21 heavy (non-hydrogen) atoms. The van der Waals surface area contributed by atoms with Crippen LogP contribution in [0.2, 0.25) is 4.47 Å². The fraction of sp³-hybridized carbons (Fsp3) is 0.182. The number of sulfonamides is 1. The fourth-order valence-corrected chi connectivity index (χ4v) is 4.72. The predicted molar refractivity (Wildman–Crippen MR) is 80.5 cm³/mol. The molecule has 0 N–H and O–H groups in total. The molecule has 1 aromatic carbocycles. The zero-order chi connectivity index (χ0) is 15.8. The van der Waals surface area contributed by atoms with Gasteiger partial charge in [0, 0.05) is 19.2 Å². The number of nitro groups is 1. The Balaban J connectivity index is 2.40. The molecule has 0 fully saturated rings. The van der Waals surface area contributed by atoms with Crippen molar-refractivity contribution in [1.82, 2.24) is 4.98 Å². The lowest BCUT2D eigenvalue weighted by Crippen LogP contribution is -2.26. The van der Waals surface area contributed by atoms with Gasteiger partial charge in [-0.3, -0.25) is 14.4 Å². The van der Waals surface area contributed by atoms with E-state index in [1.807, 2.05) is 0 Å². The summed E-state index contributed by atoms with van der Waals surface area (Å²) in [5, 5.41) is 10.6. The lowest BCUT2D eigenvalue weighted by Gasteiger charge is -2.18. The molecular weight excluding hydrogens is 338 g/mol. The second kappa shape index (κ2) is 5.58. The van der Waals surface area contributed by atoms with E-state index in [0.717, 1.165) is 15.6 Å². The summed E-state index contributed by atoms with van der Waals surface area (Å²) in [6.45, 7) is 1.55. The summed E-state index contributed by atoms with van der Waals surface area (Å²) in [4.78, 5) is 13.9. The highest BCUT2D eigenvalue weighted by Gasteiger charge is 2.27. The van der Waals surface area contributed by atoms with Crippen molar-refractivity contribution in [3.8, 4) is 0 Å². The van der Waals surface area contributed by atoms with E-state index >= 15 is 0 Å². The summed E-state index contributed by atoms with van der Waals surface area (Å²) in [5.41, 5.74) is 0.518. The van der Waals surface area contributed by atoms with E-state index in [0.29, 0.717) is 11.4 Å². The number of hydrogen-bond acceptors (Lipinski definition) is 6. The Morgan fingerprint density at radius 2 is 1.90 bits per heavy atom. The van der Waals surface area contributed by atoms with Crippen LogP contribution in [0.1, 0.15) is 5.69 Å². The number of halogens is 1. The maximum atomic E-state index is 12.5. The second-order valence-corrected chi connectivity index (χ2v) is 7.83. The third kappa shape index (κ3) is 2.99. The topological polar surface area (TPSA) is 93.4 Å². The van der Waals surface area contributed by atoms with E-state index in [4.69, 9.17) is 11.6 Å². The number of anilines is 1. The van der Waals surface area contributed by atoms with Gasteiger partial charge in [0.15, 0.2) is 8.68 Å². The van der Waals surface area contributed by atoms with Crippen molar-refractivity contribution < 1.29 is 13.3 Å². The van der Waals surface area contributed by atoms with Gasteiger partial charge in [-0.2, -0.15) is 0 Å². The van der Waals surface area contributed by atoms with Gasteiger partial charge in [0.1, 0.15) is 0 Å². The largest absolute Gasteiger partial charge is 0.275 e. The van der Waals surface area contributed by atoms with Gasteiger partial charge < -0.3 is 0 Å². The Hall–Kier alpha value is -1.71. The molecule has 0 saturated heterocycles. The lowest BCUT2D eigenvalue weighted by molar-refractivity contribution is -0.384. The molecule has 0 spiro atoms. The Morgan fingerprint density at radius 1 is 1.33 bits per heavy atom. The number of nitro benzene ring substituents is 1. The van der Waals surface area contributed by atoms with Crippen LogP contribution in [0, 0.1) is 17.0 Å². The number of nitrogens with zero attached hydrogens (tertiary/aromatic N) is 3. The highest BCUT2D eigenvalue weighted by atomic mass is 35.5. The molecule has 0 aliphatic carbocycles.